The van der Waals surface area contributed by atoms with Crippen molar-refractivity contribution in [3.8, 4) is 0 Å². The van der Waals surface area contributed by atoms with Gasteiger partial charge in [0.1, 0.15) is 0 Å². The van der Waals surface area contributed by atoms with E-state index in [9.17, 15) is 19.8 Å². The van der Waals surface area contributed by atoms with Gasteiger partial charge in [0.2, 0.25) is 0 Å². The summed E-state index contributed by atoms with van der Waals surface area (Å²) >= 11 is 0. The number of aliphatic carboxylic acids is 1. The molecular weight excluding hydrogens is 495 g/mol. The maximum absolute atomic E-state index is 10.4. The normalized spacial score (nSPS) is 8.84. The number of carbonyl (C=O) groups is 2. The van der Waals surface area contributed by atoms with Gasteiger partial charge in [0.05, 0.1) is 5.97 Å². The number of hydrogen-bond donors (Lipinski definition) is 0. The Bertz CT molecular complexity index is 496. The van der Waals surface area contributed by atoms with Crippen molar-refractivity contribution < 1.29 is 19.8 Å². The van der Waals surface area contributed by atoms with Crippen LogP contribution in [-0.4, -0.2) is 35.8 Å². The van der Waals surface area contributed by atoms with Gasteiger partial charge in [0.15, 0.2) is 0 Å². The van der Waals surface area contributed by atoms with Gasteiger partial charge >= 0.3 is 23.9 Å². The summed E-state index contributed by atoms with van der Waals surface area (Å²) in [4.78, 5) is 20.4. The van der Waals surface area contributed by atoms with Gasteiger partial charge in [0.25, 0.3) is 0 Å². The van der Waals surface area contributed by atoms with E-state index in [1.165, 1.54) is 25.7 Å². The number of rotatable bonds is 11. The molecule has 176 valence electrons. The molecule has 0 bridgehead atoms. The number of hydrogen-bond acceptors (Lipinski definition) is 4. The van der Waals surface area contributed by atoms with E-state index in [4.69, 9.17) is 0 Å². The molecule has 0 aliphatic rings. The van der Waals surface area contributed by atoms with Gasteiger partial charge in [-0.3, -0.25) is 0 Å². The molecule has 0 unspecified atom stereocenters. The van der Waals surface area contributed by atoms with Crippen molar-refractivity contribution in [3.05, 3.63) is 49.2 Å². The molecule has 4 nitrogen and oxygen atoms in total. The van der Waals surface area contributed by atoms with E-state index in [0.29, 0.717) is 0 Å². The Morgan fingerprint density at radius 3 is 1.71 bits per heavy atom. The molecule has 0 heterocycles. The first-order chi connectivity index (χ1) is 14.3. The summed E-state index contributed by atoms with van der Waals surface area (Å²) < 4.78 is 0. The quantitative estimate of drug-likeness (QED) is 0.294. The van der Waals surface area contributed by atoms with E-state index in [0.717, 1.165) is 50.5 Å². The van der Waals surface area contributed by atoms with Gasteiger partial charge in [-0.1, -0.05) is 118 Å². The number of benzene rings is 1. The molecule has 5 heteroatoms. The Morgan fingerprint density at radius 1 is 0.806 bits per heavy atom. The first-order valence-corrected chi connectivity index (χ1v) is 11.4. The van der Waals surface area contributed by atoms with Gasteiger partial charge in [-0.15, -0.1) is 0 Å². The van der Waals surface area contributed by atoms with Crippen molar-refractivity contribution in [2.45, 2.75) is 105 Å². The third kappa shape index (κ3) is 33.8. The van der Waals surface area contributed by atoms with Crippen LogP contribution in [0.5, 0.6) is 0 Å². The largest absolute Gasteiger partial charge is 2.00 e. The van der Waals surface area contributed by atoms with E-state index in [1.807, 2.05) is 6.07 Å². The Hall–Kier alpha value is -1.04. The topological polar surface area (TPSA) is 80.3 Å². The summed E-state index contributed by atoms with van der Waals surface area (Å²) in [5.74, 6) is -2.02. The van der Waals surface area contributed by atoms with E-state index < -0.39 is 11.9 Å². The third-order valence-electron chi connectivity index (χ3n) is 3.89. The molecule has 0 saturated carbocycles. The van der Waals surface area contributed by atoms with Crippen molar-refractivity contribution in [1.29, 1.82) is 0 Å². The summed E-state index contributed by atoms with van der Waals surface area (Å²) in [5, 5.41) is 20.4. The summed E-state index contributed by atoms with van der Waals surface area (Å²) in [6, 6.07) is 6.89. The average molecular weight is 539 g/mol. The molecule has 0 aliphatic carbocycles. The molecule has 1 aromatic rings. The Morgan fingerprint density at radius 2 is 1.32 bits per heavy atom. The second-order valence-corrected chi connectivity index (χ2v) is 6.98. The molecule has 1 aromatic carbocycles. The number of carboxylic acids is 2. The summed E-state index contributed by atoms with van der Waals surface area (Å²) in [5.41, 5.74) is 1.32. The first-order valence-electron chi connectivity index (χ1n) is 11.4. The van der Waals surface area contributed by atoms with Gasteiger partial charge in [-0.05, 0) is 36.5 Å². The van der Waals surface area contributed by atoms with E-state index in [1.54, 1.807) is 18.2 Å². The molecule has 0 aliphatic heterocycles. The minimum Gasteiger partial charge on any atom is -0.550 e. The predicted molar refractivity (Wildman–Crippen MR) is 129 cm³/mol. The van der Waals surface area contributed by atoms with Crippen LogP contribution in [-0.2, 0) is 11.2 Å². The van der Waals surface area contributed by atoms with E-state index in [-0.39, 0.29) is 35.9 Å². The van der Waals surface area contributed by atoms with Gasteiger partial charge in [0, 0.05) is 5.97 Å². The number of aromatic carboxylic acids is 1. The van der Waals surface area contributed by atoms with Crippen LogP contribution in [0.15, 0.2) is 24.3 Å². The third-order valence-corrected chi connectivity index (χ3v) is 3.89. The SMILES string of the molecule is CCCCCCCC(=O)[O-].CCCc1cccc(C(=O)[O-])c1.[CH2]CCC.[CH2]CCC.[Sn+2]. The summed E-state index contributed by atoms with van der Waals surface area (Å²) in [6.45, 7) is 15.6. The van der Waals surface area contributed by atoms with Gasteiger partial charge < -0.3 is 19.8 Å². The van der Waals surface area contributed by atoms with E-state index >= 15 is 0 Å². The zero-order valence-corrected chi connectivity index (χ0v) is 23.2. The number of unbranched alkanes of at least 4 members (excludes halogenated alkanes) is 6. The van der Waals surface area contributed by atoms with Crippen molar-refractivity contribution in [3.63, 3.8) is 0 Å². The Kier molecular flexibility index (Phi) is 37.5. The molecule has 0 atom stereocenters. The second-order valence-electron chi connectivity index (χ2n) is 6.98. The molecule has 0 saturated heterocycles. The van der Waals surface area contributed by atoms with Crippen molar-refractivity contribution in [1.82, 2.24) is 0 Å². The predicted octanol–water partition coefficient (Wildman–Crippen LogP) is 4.96. The fraction of sp³-hybridized carbons (Fsp3) is 0.615. The Balaban J connectivity index is -0.000000173. The smallest absolute Gasteiger partial charge is 0.550 e. The van der Waals surface area contributed by atoms with Crippen molar-refractivity contribution >= 4 is 35.8 Å². The summed E-state index contributed by atoms with van der Waals surface area (Å²) in [6.07, 6.45) is 12.1. The first kappa shape index (κ1) is 37.3. The van der Waals surface area contributed by atoms with Crippen LogP contribution in [0.2, 0.25) is 0 Å². The number of aryl methyl sites for hydroxylation is 1. The average Bonchev–Trinajstić information content (AvgIpc) is 2.74. The minimum absolute atomic E-state index is 0. The maximum atomic E-state index is 10.4. The van der Waals surface area contributed by atoms with Crippen LogP contribution in [0.3, 0.4) is 0 Å². The molecule has 0 spiro atoms. The molecule has 4 radical (unpaired) electrons. The molecule has 31 heavy (non-hydrogen) atoms. The Labute approximate surface area is 209 Å². The maximum Gasteiger partial charge on any atom is 2.00 e. The minimum atomic E-state index is -1.10. The molecule has 0 amide bonds. The summed E-state index contributed by atoms with van der Waals surface area (Å²) in [7, 11) is 0. The zero-order chi connectivity index (χ0) is 23.6. The van der Waals surface area contributed by atoms with Crippen LogP contribution in [0.4, 0.5) is 0 Å². The zero-order valence-electron chi connectivity index (χ0n) is 20.3. The molecule has 0 fully saturated rings. The number of carbonyl (C=O) groups excluding carboxylic acids is 2. The van der Waals surface area contributed by atoms with Crippen LogP contribution in [0.25, 0.3) is 0 Å². The van der Waals surface area contributed by atoms with Crippen molar-refractivity contribution in [2.75, 3.05) is 0 Å². The number of carboxylic acid groups (broad SMARTS) is 2. The molecule has 1 rings (SSSR count). The standard InChI is InChI=1S/C10H12O2.C8H16O2.2C4H9.Sn/c1-2-4-8-5-3-6-9(7-8)10(11)12;1-2-3-4-5-6-7-8(9)10;2*1-3-4-2;/h3,5-7H,2,4H2,1H3,(H,11,12);2-7H2,1H3,(H,9,10);2*1,3-4H2,2H3;/q;;;;+2/p-2. The van der Waals surface area contributed by atoms with Crippen LogP contribution in [0.1, 0.15) is 114 Å². The monoisotopic (exact) mass is 540 g/mol. The molecular formula is C26H44O4Sn. The fourth-order valence-electron chi connectivity index (χ4n) is 2.02. The van der Waals surface area contributed by atoms with Gasteiger partial charge in [-0.2, -0.15) is 0 Å². The van der Waals surface area contributed by atoms with Crippen LogP contribution in [0, 0.1) is 13.8 Å². The van der Waals surface area contributed by atoms with E-state index in [2.05, 4.69) is 41.5 Å². The molecule has 0 N–H and O–H groups in total. The second kappa shape index (κ2) is 31.1. The fourth-order valence-corrected chi connectivity index (χ4v) is 2.02. The molecule has 0 aromatic heterocycles. The van der Waals surface area contributed by atoms with Crippen molar-refractivity contribution in [2.24, 2.45) is 0 Å². The van der Waals surface area contributed by atoms with Crippen LogP contribution < -0.4 is 10.2 Å². The van der Waals surface area contributed by atoms with Crippen LogP contribution >= 0.6 is 0 Å². The van der Waals surface area contributed by atoms with Gasteiger partial charge in [-0.25, -0.2) is 0 Å².